The Kier molecular flexibility index (Phi) is 12.8. The van der Waals surface area contributed by atoms with Crippen LogP contribution in [0.2, 0.25) is 0 Å². The number of hydrogen-bond acceptors (Lipinski definition) is 6. The lowest BCUT2D eigenvalue weighted by Gasteiger charge is -2.58. The number of benzene rings is 4. The minimum atomic E-state index is -1.07. The summed E-state index contributed by atoms with van der Waals surface area (Å²) in [6, 6.07) is 34.6. The second-order valence-corrected chi connectivity index (χ2v) is 20.9. The second kappa shape index (κ2) is 18.3. The van der Waals surface area contributed by atoms with Gasteiger partial charge in [0, 0.05) is 36.2 Å². The van der Waals surface area contributed by atoms with Crippen LogP contribution in [0.25, 0.3) is 11.1 Å². The molecule has 4 aromatic carbocycles. The average molecular weight is 836 g/mol. The normalized spacial score (nSPS) is 31.1. The summed E-state index contributed by atoms with van der Waals surface area (Å²) in [5.74, 6) is 2.33. The highest BCUT2D eigenvalue weighted by molar-refractivity contribution is 6.13. The number of allylic oxidation sites excluding steroid dienone is 2. The molecule has 6 heteroatoms. The van der Waals surface area contributed by atoms with Crippen LogP contribution < -0.4 is 0 Å². The molecule has 0 heterocycles. The van der Waals surface area contributed by atoms with Gasteiger partial charge < -0.3 is 20.1 Å². The molecule has 3 N–H and O–H groups in total. The Morgan fingerprint density at radius 3 is 2.23 bits per heavy atom. The van der Waals surface area contributed by atoms with E-state index in [1.54, 1.807) is 0 Å². The molecule has 5 unspecified atom stereocenters. The molecule has 0 aromatic heterocycles. The zero-order valence-electron chi connectivity index (χ0n) is 37.2. The minimum Gasteiger partial charge on any atom is -0.393 e. The number of hydrogen-bond donors (Lipinski definition) is 3. The van der Waals surface area contributed by atoms with Gasteiger partial charge in [-0.3, -0.25) is 9.69 Å². The predicted molar refractivity (Wildman–Crippen MR) is 248 cm³/mol. The topological polar surface area (TPSA) is 90.2 Å². The third kappa shape index (κ3) is 9.19. The molecule has 7 aliphatic rings. The zero-order chi connectivity index (χ0) is 42.9. The Morgan fingerprint density at radius 1 is 0.823 bits per heavy atom. The minimum absolute atomic E-state index is 0.0153. The van der Waals surface area contributed by atoms with Crippen LogP contribution in [0.4, 0.5) is 0 Å². The Bertz CT molecular complexity index is 2160. The van der Waals surface area contributed by atoms with Crippen LogP contribution in [-0.4, -0.2) is 70.1 Å². The summed E-state index contributed by atoms with van der Waals surface area (Å²) in [6.45, 7) is 6.99. The molecular weight excluding hydrogens is 767 g/mol. The van der Waals surface area contributed by atoms with E-state index in [1.807, 2.05) is 60.7 Å². The van der Waals surface area contributed by atoms with Crippen LogP contribution in [0.5, 0.6) is 0 Å². The molecule has 328 valence electrons. The number of ketones is 1. The fourth-order valence-corrected chi connectivity index (χ4v) is 13.6. The van der Waals surface area contributed by atoms with Gasteiger partial charge in [0.2, 0.25) is 0 Å². The van der Waals surface area contributed by atoms with Crippen LogP contribution in [0, 0.1) is 28.6 Å². The summed E-state index contributed by atoms with van der Waals surface area (Å²) in [4.78, 5) is 17.7. The highest BCUT2D eigenvalue weighted by Gasteiger charge is 2.58. The van der Waals surface area contributed by atoms with E-state index in [4.69, 9.17) is 4.74 Å². The third-order valence-electron chi connectivity index (χ3n) is 16.3. The Hall–Kier alpha value is -3.91. The number of rotatable bonds is 13. The van der Waals surface area contributed by atoms with E-state index in [0.717, 1.165) is 77.8 Å². The standard InChI is InChI=1S/C56H69NO5/c1-39-12-11-24-54(2)52(49-22-20-41(29-46(58)21-19-39)30-51(49)53(60)50-18-10-9-17-48(50)45-15-7-4-8-16-45)23-25-56(54,61)38-57(34-47(59)36-62-35-40-13-5-3-6-14-40)37-55-31-42-26-43(32-55)28-44(27-42)33-55/h3-10,12-18,20,22,30,42-44,46-47,52,58-59,61H,11,19,21,23-29,31-38H2,1-2H3. The first kappa shape index (κ1) is 43.3. The van der Waals surface area contributed by atoms with Crippen molar-refractivity contribution < 1.29 is 24.9 Å². The number of ether oxygens (including phenoxy) is 1. The van der Waals surface area contributed by atoms with E-state index in [0.29, 0.717) is 50.1 Å². The summed E-state index contributed by atoms with van der Waals surface area (Å²) < 4.78 is 6.12. The van der Waals surface area contributed by atoms with Gasteiger partial charge in [-0.2, -0.15) is 0 Å². The van der Waals surface area contributed by atoms with Crippen molar-refractivity contribution in [1.82, 2.24) is 4.90 Å². The van der Waals surface area contributed by atoms with Crippen molar-refractivity contribution in [2.24, 2.45) is 28.6 Å². The lowest BCUT2D eigenvalue weighted by molar-refractivity contribution is -0.115. The third-order valence-corrected chi connectivity index (χ3v) is 16.3. The Labute approximate surface area is 370 Å². The first-order chi connectivity index (χ1) is 30.0. The summed E-state index contributed by atoms with van der Waals surface area (Å²) >= 11 is 0. The molecule has 62 heavy (non-hydrogen) atoms. The van der Waals surface area contributed by atoms with Gasteiger partial charge in [0.1, 0.15) is 0 Å². The van der Waals surface area contributed by atoms with Gasteiger partial charge in [-0.15, -0.1) is 0 Å². The molecule has 0 radical (unpaired) electrons. The lowest BCUT2D eigenvalue weighted by Crippen LogP contribution is -2.57. The Balaban J connectivity index is 1.06. The summed E-state index contributed by atoms with van der Waals surface area (Å²) in [5, 5.41) is 36.5. The van der Waals surface area contributed by atoms with E-state index in [1.165, 1.54) is 44.1 Å². The van der Waals surface area contributed by atoms with Crippen LogP contribution in [0.3, 0.4) is 0 Å². The number of nitrogens with zero attached hydrogens (tertiary/aromatic N) is 1. The largest absolute Gasteiger partial charge is 0.393 e. The van der Waals surface area contributed by atoms with E-state index >= 15 is 4.79 Å². The van der Waals surface area contributed by atoms with Gasteiger partial charge in [-0.25, -0.2) is 0 Å². The summed E-state index contributed by atoms with van der Waals surface area (Å²) in [6.07, 6.45) is 13.9. The predicted octanol–water partition coefficient (Wildman–Crippen LogP) is 10.7. The highest BCUT2D eigenvalue weighted by Crippen LogP contribution is 2.62. The zero-order valence-corrected chi connectivity index (χ0v) is 37.2. The molecule has 7 aliphatic carbocycles. The highest BCUT2D eigenvalue weighted by atomic mass is 16.5. The first-order valence-electron chi connectivity index (χ1n) is 23.9. The number of carbonyl (C=O) groups is 1. The molecule has 11 rings (SSSR count). The van der Waals surface area contributed by atoms with E-state index < -0.39 is 23.2 Å². The van der Waals surface area contributed by atoms with Crippen molar-refractivity contribution in [3.05, 3.63) is 143 Å². The fourth-order valence-electron chi connectivity index (χ4n) is 13.6. The van der Waals surface area contributed by atoms with Crippen molar-refractivity contribution in [2.75, 3.05) is 26.2 Å². The lowest BCUT2D eigenvalue weighted by atomic mass is 9.49. The van der Waals surface area contributed by atoms with Crippen molar-refractivity contribution in [3.8, 4) is 11.1 Å². The number of carbonyl (C=O) groups excluding carboxylic acids is 1. The first-order valence-corrected chi connectivity index (χ1v) is 23.9. The van der Waals surface area contributed by atoms with Crippen molar-refractivity contribution in [3.63, 3.8) is 0 Å². The second-order valence-electron chi connectivity index (χ2n) is 20.9. The maximum Gasteiger partial charge on any atom is 0.193 e. The number of fused-ring (bicyclic) bond motifs is 8. The molecule has 0 saturated heterocycles. The smallest absolute Gasteiger partial charge is 0.193 e. The summed E-state index contributed by atoms with van der Waals surface area (Å²) in [5.41, 5.74) is 6.15. The van der Waals surface area contributed by atoms with Gasteiger partial charge in [-0.1, -0.05) is 116 Å². The number of aliphatic hydroxyl groups is 3. The van der Waals surface area contributed by atoms with Gasteiger partial charge >= 0.3 is 0 Å². The molecule has 6 nitrogen and oxygen atoms in total. The van der Waals surface area contributed by atoms with Gasteiger partial charge in [0.25, 0.3) is 0 Å². The van der Waals surface area contributed by atoms with E-state index in [-0.39, 0.29) is 23.7 Å². The van der Waals surface area contributed by atoms with Crippen molar-refractivity contribution in [2.45, 2.75) is 128 Å². The maximum absolute atomic E-state index is 15.2. The Morgan fingerprint density at radius 2 is 1.50 bits per heavy atom. The van der Waals surface area contributed by atoms with Crippen molar-refractivity contribution >= 4 is 5.78 Å². The van der Waals surface area contributed by atoms with Crippen LogP contribution in [-0.2, 0) is 17.8 Å². The van der Waals surface area contributed by atoms with Gasteiger partial charge in [-0.05, 0) is 153 Å². The van der Waals surface area contributed by atoms with Crippen molar-refractivity contribution in [1.29, 1.82) is 0 Å². The molecule has 4 aromatic rings. The van der Waals surface area contributed by atoms with E-state index in [2.05, 4.69) is 67.3 Å². The van der Waals surface area contributed by atoms with Crippen LogP contribution in [0.1, 0.15) is 129 Å². The molecule has 0 aliphatic heterocycles. The molecule has 5 fully saturated rings. The molecule has 5 saturated carbocycles. The number of aliphatic hydroxyl groups excluding tert-OH is 2. The summed E-state index contributed by atoms with van der Waals surface area (Å²) in [7, 11) is 0. The maximum atomic E-state index is 15.2. The molecule has 6 bridgehead atoms. The fraction of sp³-hybridized carbons (Fsp3) is 0.518. The monoisotopic (exact) mass is 836 g/mol. The average Bonchev–Trinajstić information content (AvgIpc) is 3.50. The SMILES string of the molecule is CC1=CCCC2(C)C(CCC2(O)CN(CC(O)COCc2ccccc2)CC23CC4CC(CC(C4)C2)C3)c2ccc(cc2C(=O)c2ccccc2-c2ccccc2)CC(O)CC1. The quantitative estimate of drug-likeness (QED) is 0.0918. The molecule has 0 spiro atoms. The van der Waals surface area contributed by atoms with Gasteiger partial charge in [0.05, 0.1) is 31.0 Å². The van der Waals surface area contributed by atoms with E-state index in [9.17, 15) is 15.3 Å². The molecule has 0 amide bonds. The molecular formula is C56H69NO5. The van der Waals surface area contributed by atoms with Crippen LogP contribution >= 0.6 is 0 Å². The van der Waals surface area contributed by atoms with Crippen LogP contribution in [0.15, 0.2) is 115 Å². The van der Waals surface area contributed by atoms with Gasteiger partial charge in [0.15, 0.2) is 5.78 Å². The molecule has 5 atom stereocenters.